The van der Waals surface area contributed by atoms with Crippen molar-refractivity contribution < 1.29 is 4.42 Å². The molecule has 1 aromatic heterocycles. The lowest BCUT2D eigenvalue weighted by atomic mass is 10.2. The van der Waals surface area contributed by atoms with Crippen molar-refractivity contribution in [1.82, 2.24) is 15.5 Å². The van der Waals surface area contributed by atoms with Crippen molar-refractivity contribution in [3.05, 3.63) is 11.8 Å². The van der Waals surface area contributed by atoms with E-state index in [-0.39, 0.29) is 0 Å². The Morgan fingerprint density at radius 2 is 2.00 bits per heavy atom. The summed E-state index contributed by atoms with van der Waals surface area (Å²) in [5.74, 6) is 2.60. The molecule has 0 aliphatic rings. The largest absolute Gasteiger partial charge is 0.424 e. The van der Waals surface area contributed by atoms with E-state index in [0.717, 1.165) is 6.54 Å². The second-order valence-corrected chi connectivity index (χ2v) is 4.78. The van der Waals surface area contributed by atoms with Crippen LogP contribution in [0.25, 0.3) is 0 Å². The molecule has 0 atom stereocenters. The number of hydrogen-bond acceptors (Lipinski definition) is 5. The predicted octanol–water partition coefficient (Wildman–Crippen LogP) is 2.39. The van der Waals surface area contributed by atoms with Gasteiger partial charge in [0, 0.05) is 6.92 Å². The van der Waals surface area contributed by atoms with E-state index in [1.54, 1.807) is 0 Å². The van der Waals surface area contributed by atoms with Crippen LogP contribution in [-0.4, -0.2) is 28.8 Å². The van der Waals surface area contributed by atoms with Gasteiger partial charge in [-0.05, 0) is 31.4 Å². The van der Waals surface area contributed by atoms with Gasteiger partial charge >= 0.3 is 0 Å². The van der Waals surface area contributed by atoms with Crippen LogP contribution in [0.15, 0.2) is 4.42 Å². The summed E-state index contributed by atoms with van der Waals surface area (Å²) in [4.78, 5) is 0. The highest BCUT2D eigenvalue weighted by Gasteiger charge is 2.00. The van der Waals surface area contributed by atoms with Gasteiger partial charge in [-0.1, -0.05) is 12.8 Å². The highest BCUT2D eigenvalue weighted by Crippen LogP contribution is 2.04. The van der Waals surface area contributed by atoms with Crippen molar-refractivity contribution in [2.24, 2.45) is 0 Å². The second kappa shape index (κ2) is 8.58. The Morgan fingerprint density at radius 1 is 1.19 bits per heavy atom. The Labute approximate surface area is 102 Å². The van der Waals surface area contributed by atoms with Crippen LogP contribution >= 0.6 is 11.8 Å². The highest BCUT2D eigenvalue weighted by atomic mass is 32.2. The summed E-state index contributed by atoms with van der Waals surface area (Å²) >= 11 is 1.93. The van der Waals surface area contributed by atoms with Gasteiger partial charge < -0.3 is 9.73 Å². The molecule has 0 radical (unpaired) electrons. The van der Waals surface area contributed by atoms with E-state index in [9.17, 15) is 0 Å². The minimum absolute atomic E-state index is 0.633. The maximum atomic E-state index is 5.26. The number of unbranched alkanes of at least 4 members (excludes halogenated alkanes) is 3. The first-order valence-electron chi connectivity index (χ1n) is 5.81. The van der Waals surface area contributed by atoms with Gasteiger partial charge in [-0.25, -0.2) is 0 Å². The predicted molar refractivity (Wildman–Crippen MR) is 67.6 cm³/mol. The molecule has 0 aliphatic carbocycles. The van der Waals surface area contributed by atoms with E-state index in [1.807, 2.05) is 18.7 Å². The lowest BCUT2D eigenvalue weighted by molar-refractivity contribution is 0.444. The molecule has 1 heterocycles. The summed E-state index contributed by atoms with van der Waals surface area (Å²) in [6, 6.07) is 0. The van der Waals surface area contributed by atoms with E-state index in [0.29, 0.717) is 18.3 Å². The summed E-state index contributed by atoms with van der Waals surface area (Å²) in [5, 5.41) is 11.0. The fourth-order valence-electron chi connectivity index (χ4n) is 1.45. The molecule has 0 saturated heterocycles. The smallest absolute Gasteiger partial charge is 0.230 e. The molecule has 0 saturated carbocycles. The van der Waals surface area contributed by atoms with Crippen molar-refractivity contribution in [3.8, 4) is 0 Å². The van der Waals surface area contributed by atoms with Gasteiger partial charge in [0.1, 0.15) is 0 Å². The van der Waals surface area contributed by atoms with Crippen molar-refractivity contribution in [3.63, 3.8) is 0 Å². The first kappa shape index (κ1) is 13.5. The normalized spacial score (nSPS) is 10.9. The SMILES string of the molecule is CSCCCCCCNCc1nnc(C)o1. The van der Waals surface area contributed by atoms with Crippen molar-refractivity contribution in [2.75, 3.05) is 18.6 Å². The van der Waals surface area contributed by atoms with Crippen LogP contribution in [0.4, 0.5) is 0 Å². The second-order valence-electron chi connectivity index (χ2n) is 3.80. The van der Waals surface area contributed by atoms with Gasteiger partial charge in [0.2, 0.25) is 11.8 Å². The monoisotopic (exact) mass is 243 g/mol. The molecular weight excluding hydrogens is 222 g/mol. The van der Waals surface area contributed by atoms with Crippen molar-refractivity contribution >= 4 is 11.8 Å². The number of rotatable bonds is 9. The number of aromatic nitrogens is 2. The van der Waals surface area contributed by atoms with Crippen LogP contribution < -0.4 is 5.32 Å². The van der Waals surface area contributed by atoms with Crippen molar-refractivity contribution in [1.29, 1.82) is 0 Å². The lowest BCUT2D eigenvalue weighted by Crippen LogP contribution is -2.14. The average Bonchev–Trinajstić information content (AvgIpc) is 2.68. The van der Waals surface area contributed by atoms with Crippen LogP contribution in [0.3, 0.4) is 0 Å². The quantitative estimate of drug-likeness (QED) is 0.675. The van der Waals surface area contributed by atoms with Gasteiger partial charge in [0.25, 0.3) is 0 Å². The third-order valence-corrected chi connectivity index (χ3v) is 2.99. The van der Waals surface area contributed by atoms with Crippen molar-refractivity contribution in [2.45, 2.75) is 39.2 Å². The Morgan fingerprint density at radius 3 is 2.69 bits per heavy atom. The van der Waals surface area contributed by atoms with Crippen LogP contribution in [0.1, 0.15) is 37.5 Å². The molecule has 0 amide bonds. The standard InChI is InChI=1S/C11H21N3OS/c1-10-13-14-11(15-10)9-12-7-5-3-4-6-8-16-2/h12H,3-9H2,1-2H3. The third-order valence-electron chi connectivity index (χ3n) is 2.30. The Kier molecular flexibility index (Phi) is 7.25. The Hall–Kier alpha value is -0.550. The van der Waals surface area contributed by atoms with Gasteiger partial charge in [0.05, 0.1) is 6.54 Å². The van der Waals surface area contributed by atoms with E-state index in [4.69, 9.17) is 4.42 Å². The minimum Gasteiger partial charge on any atom is -0.424 e. The molecule has 4 nitrogen and oxygen atoms in total. The minimum atomic E-state index is 0.633. The molecule has 92 valence electrons. The maximum absolute atomic E-state index is 5.26. The summed E-state index contributed by atoms with van der Waals surface area (Å²) in [6.07, 6.45) is 7.36. The topological polar surface area (TPSA) is 51.0 Å². The first-order chi connectivity index (χ1) is 7.83. The first-order valence-corrected chi connectivity index (χ1v) is 7.21. The average molecular weight is 243 g/mol. The number of nitrogens with one attached hydrogen (secondary N) is 1. The zero-order chi connectivity index (χ0) is 11.6. The van der Waals surface area contributed by atoms with E-state index >= 15 is 0 Å². The number of aryl methyl sites for hydroxylation is 1. The molecule has 0 unspecified atom stereocenters. The molecule has 0 aliphatic heterocycles. The molecule has 0 aromatic carbocycles. The van der Waals surface area contributed by atoms with E-state index in [1.165, 1.54) is 31.4 Å². The number of nitrogens with zero attached hydrogens (tertiary/aromatic N) is 2. The van der Waals surface area contributed by atoms with Gasteiger partial charge in [0.15, 0.2) is 0 Å². The molecule has 1 aromatic rings. The number of thioether (sulfide) groups is 1. The molecule has 0 bridgehead atoms. The molecule has 16 heavy (non-hydrogen) atoms. The third kappa shape index (κ3) is 6.12. The summed E-state index contributed by atoms with van der Waals surface area (Å²) in [5.41, 5.74) is 0. The van der Waals surface area contributed by atoms with Crippen LogP contribution in [0, 0.1) is 6.92 Å². The highest BCUT2D eigenvalue weighted by molar-refractivity contribution is 7.98. The molecule has 0 fully saturated rings. The molecule has 1 N–H and O–H groups in total. The fourth-order valence-corrected chi connectivity index (χ4v) is 1.95. The van der Waals surface area contributed by atoms with Gasteiger partial charge in [-0.2, -0.15) is 11.8 Å². The summed E-state index contributed by atoms with van der Waals surface area (Å²) < 4.78 is 5.26. The molecular formula is C11H21N3OS. The van der Waals surface area contributed by atoms with E-state index < -0.39 is 0 Å². The Balaban J connectivity index is 1.88. The summed E-state index contributed by atoms with van der Waals surface area (Å²) in [6.45, 7) is 3.52. The van der Waals surface area contributed by atoms with E-state index in [2.05, 4.69) is 21.8 Å². The molecule has 5 heteroatoms. The fraction of sp³-hybridized carbons (Fsp3) is 0.818. The van der Waals surface area contributed by atoms with Crippen LogP contribution in [0.5, 0.6) is 0 Å². The Bertz CT molecular complexity index is 278. The lowest BCUT2D eigenvalue weighted by Gasteiger charge is -2.01. The van der Waals surface area contributed by atoms with Crippen LogP contribution in [0.2, 0.25) is 0 Å². The molecule has 0 spiro atoms. The summed E-state index contributed by atoms with van der Waals surface area (Å²) in [7, 11) is 0. The van der Waals surface area contributed by atoms with Gasteiger partial charge in [-0.3, -0.25) is 0 Å². The van der Waals surface area contributed by atoms with Crippen LogP contribution in [-0.2, 0) is 6.54 Å². The number of hydrogen-bond donors (Lipinski definition) is 1. The molecule has 1 rings (SSSR count). The zero-order valence-corrected chi connectivity index (χ0v) is 11.0. The maximum Gasteiger partial charge on any atom is 0.230 e. The van der Waals surface area contributed by atoms with Gasteiger partial charge in [-0.15, -0.1) is 10.2 Å². The zero-order valence-electron chi connectivity index (χ0n) is 10.2.